The highest BCUT2D eigenvalue weighted by Crippen LogP contribution is 2.10. The van der Waals surface area contributed by atoms with Gasteiger partial charge in [0.2, 0.25) is 0 Å². The average molecular weight is 295 g/mol. The Bertz CT molecular complexity index is 718. The van der Waals surface area contributed by atoms with Gasteiger partial charge < -0.3 is 5.32 Å². The van der Waals surface area contributed by atoms with Crippen LogP contribution in [0.3, 0.4) is 0 Å². The summed E-state index contributed by atoms with van der Waals surface area (Å²) in [5.41, 5.74) is 1.45. The molecule has 1 amide bonds. The van der Waals surface area contributed by atoms with Crippen molar-refractivity contribution >= 4 is 5.91 Å². The molecule has 0 aliphatic rings. The van der Waals surface area contributed by atoms with Crippen molar-refractivity contribution < 1.29 is 4.79 Å². The normalized spacial score (nSPS) is 10.5. The van der Waals surface area contributed by atoms with E-state index in [4.69, 9.17) is 0 Å². The van der Waals surface area contributed by atoms with Crippen molar-refractivity contribution in [2.45, 2.75) is 13.0 Å². The average Bonchev–Trinajstić information content (AvgIpc) is 3.23. The molecule has 0 saturated heterocycles. The first-order chi connectivity index (χ1) is 10.8. The standard InChI is InChI=1S/C16H17N5O/c22-16(18-8-4-10-20-11-5-9-19-20)15-12-17-13-21(15)14-6-2-1-3-7-14/h1-3,5-7,9,11-13H,4,8,10H2,(H,18,22). The number of hydrogen-bond acceptors (Lipinski definition) is 3. The van der Waals surface area contributed by atoms with Gasteiger partial charge in [-0.2, -0.15) is 5.10 Å². The molecule has 0 aliphatic heterocycles. The van der Waals surface area contributed by atoms with Gasteiger partial charge in [-0.1, -0.05) is 18.2 Å². The van der Waals surface area contributed by atoms with E-state index >= 15 is 0 Å². The summed E-state index contributed by atoms with van der Waals surface area (Å²) in [6.45, 7) is 1.38. The number of benzene rings is 1. The van der Waals surface area contributed by atoms with Crippen molar-refractivity contribution in [1.29, 1.82) is 0 Å². The van der Waals surface area contributed by atoms with Crippen molar-refractivity contribution in [1.82, 2.24) is 24.6 Å². The molecule has 6 nitrogen and oxygen atoms in total. The summed E-state index contributed by atoms with van der Waals surface area (Å²) < 4.78 is 3.63. The molecule has 6 heteroatoms. The van der Waals surface area contributed by atoms with E-state index in [2.05, 4.69) is 15.4 Å². The highest BCUT2D eigenvalue weighted by Gasteiger charge is 2.12. The predicted molar refractivity (Wildman–Crippen MR) is 82.7 cm³/mol. The number of aromatic nitrogens is 4. The molecule has 2 aromatic heterocycles. The molecule has 0 radical (unpaired) electrons. The lowest BCUT2D eigenvalue weighted by molar-refractivity contribution is 0.0946. The number of hydrogen-bond donors (Lipinski definition) is 1. The van der Waals surface area contributed by atoms with Gasteiger partial charge in [0.05, 0.1) is 12.5 Å². The zero-order valence-corrected chi connectivity index (χ0v) is 12.1. The van der Waals surface area contributed by atoms with Crippen LogP contribution in [0.1, 0.15) is 16.9 Å². The van der Waals surface area contributed by atoms with Gasteiger partial charge in [-0.3, -0.25) is 14.0 Å². The van der Waals surface area contributed by atoms with E-state index in [1.54, 1.807) is 23.3 Å². The Balaban J connectivity index is 1.58. The van der Waals surface area contributed by atoms with Crippen LogP contribution in [0.25, 0.3) is 5.69 Å². The van der Waals surface area contributed by atoms with Crippen molar-refractivity contribution in [2.24, 2.45) is 0 Å². The molecule has 0 atom stereocenters. The van der Waals surface area contributed by atoms with Crippen molar-refractivity contribution in [3.8, 4) is 5.69 Å². The topological polar surface area (TPSA) is 64.7 Å². The Morgan fingerprint density at radius 2 is 2.05 bits per heavy atom. The van der Waals surface area contributed by atoms with Gasteiger partial charge in [-0.05, 0) is 24.6 Å². The Labute approximate surface area is 128 Å². The zero-order valence-electron chi connectivity index (χ0n) is 12.1. The zero-order chi connectivity index (χ0) is 15.2. The molecule has 0 unspecified atom stereocenters. The van der Waals surface area contributed by atoms with E-state index in [1.807, 2.05) is 47.3 Å². The first-order valence-corrected chi connectivity index (χ1v) is 7.18. The monoisotopic (exact) mass is 295 g/mol. The van der Waals surface area contributed by atoms with Gasteiger partial charge in [-0.25, -0.2) is 4.98 Å². The van der Waals surface area contributed by atoms with Crippen LogP contribution in [0.4, 0.5) is 0 Å². The first-order valence-electron chi connectivity index (χ1n) is 7.18. The lowest BCUT2D eigenvalue weighted by Crippen LogP contribution is -2.27. The molecule has 0 aliphatic carbocycles. The molecule has 0 saturated carbocycles. The summed E-state index contributed by atoms with van der Waals surface area (Å²) in [6.07, 6.45) is 7.71. The van der Waals surface area contributed by atoms with Crippen LogP contribution in [0, 0.1) is 0 Å². The first kappa shape index (κ1) is 14.1. The van der Waals surface area contributed by atoms with Crippen LogP contribution < -0.4 is 5.32 Å². The fourth-order valence-corrected chi connectivity index (χ4v) is 2.22. The summed E-state index contributed by atoms with van der Waals surface area (Å²) in [5, 5.41) is 7.04. The highest BCUT2D eigenvalue weighted by molar-refractivity contribution is 5.92. The van der Waals surface area contributed by atoms with E-state index in [0.29, 0.717) is 12.2 Å². The third-order valence-corrected chi connectivity index (χ3v) is 3.31. The molecule has 112 valence electrons. The highest BCUT2D eigenvalue weighted by atomic mass is 16.1. The summed E-state index contributed by atoms with van der Waals surface area (Å²) in [7, 11) is 0. The van der Waals surface area contributed by atoms with Gasteiger partial charge in [-0.15, -0.1) is 0 Å². The Kier molecular flexibility index (Phi) is 4.29. The largest absolute Gasteiger partial charge is 0.351 e. The third-order valence-electron chi connectivity index (χ3n) is 3.31. The lowest BCUT2D eigenvalue weighted by Gasteiger charge is -2.09. The molecule has 0 fully saturated rings. The second kappa shape index (κ2) is 6.71. The number of carbonyl (C=O) groups is 1. The van der Waals surface area contributed by atoms with Crippen molar-refractivity contribution in [3.05, 3.63) is 67.0 Å². The molecule has 3 aromatic rings. The Hall–Kier alpha value is -2.89. The van der Waals surface area contributed by atoms with Gasteiger partial charge in [0.25, 0.3) is 5.91 Å². The molecule has 22 heavy (non-hydrogen) atoms. The number of rotatable bonds is 6. The summed E-state index contributed by atoms with van der Waals surface area (Å²) in [5.74, 6) is -0.123. The fourth-order valence-electron chi connectivity index (χ4n) is 2.22. The number of imidazole rings is 1. The minimum atomic E-state index is -0.123. The van der Waals surface area contributed by atoms with Crippen LogP contribution in [0.5, 0.6) is 0 Å². The van der Waals surface area contributed by atoms with Crippen LogP contribution >= 0.6 is 0 Å². The minimum Gasteiger partial charge on any atom is -0.351 e. The van der Waals surface area contributed by atoms with E-state index < -0.39 is 0 Å². The molecule has 1 aromatic carbocycles. The summed E-state index contributed by atoms with van der Waals surface area (Å²) >= 11 is 0. The Morgan fingerprint density at radius 3 is 2.82 bits per heavy atom. The van der Waals surface area contributed by atoms with Gasteiger partial charge >= 0.3 is 0 Å². The Morgan fingerprint density at radius 1 is 1.18 bits per heavy atom. The smallest absolute Gasteiger partial charge is 0.269 e. The number of para-hydroxylation sites is 1. The van der Waals surface area contributed by atoms with Gasteiger partial charge in [0, 0.05) is 31.2 Å². The van der Waals surface area contributed by atoms with Crippen molar-refractivity contribution in [2.75, 3.05) is 6.54 Å². The van der Waals surface area contributed by atoms with Crippen LogP contribution in [0.15, 0.2) is 61.3 Å². The van der Waals surface area contributed by atoms with E-state index in [-0.39, 0.29) is 5.91 Å². The molecule has 0 spiro atoms. The number of carbonyl (C=O) groups excluding carboxylic acids is 1. The third kappa shape index (κ3) is 3.22. The van der Waals surface area contributed by atoms with Crippen LogP contribution in [-0.2, 0) is 6.54 Å². The van der Waals surface area contributed by atoms with Crippen LogP contribution in [0.2, 0.25) is 0 Å². The molecular weight excluding hydrogens is 278 g/mol. The van der Waals surface area contributed by atoms with E-state index in [9.17, 15) is 4.79 Å². The van der Waals surface area contributed by atoms with Gasteiger partial charge in [0.1, 0.15) is 5.69 Å². The molecule has 0 bridgehead atoms. The number of aryl methyl sites for hydroxylation is 1. The quantitative estimate of drug-likeness (QED) is 0.706. The minimum absolute atomic E-state index is 0.123. The second-order valence-electron chi connectivity index (χ2n) is 4.86. The number of nitrogens with zero attached hydrogens (tertiary/aromatic N) is 4. The van der Waals surface area contributed by atoms with Crippen molar-refractivity contribution in [3.63, 3.8) is 0 Å². The lowest BCUT2D eigenvalue weighted by atomic mass is 10.3. The maximum absolute atomic E-state index is 12.3. The van der Waals surface area contributed by atoms with E-state index in [0.717, 1.165) is 18.7 Å². The fraction of sp³-hybridized carbons (Fsp3) is 0.188. The summed E-state index contributed by atoms with van der Waals surface area (Å²) in [4.78, 5) is 16.3. The molecular formula is C16H17N5O. The molecule has 2 heterocycles. The SMILES string of the molecule is O=C(NCCCn1cccn1)c1cncn1-c1ccccc1. The molecule has 3 rings (SSSR count). The summed E-state index contributed by atoms with van der Waals surface area (Å²) in [6, 6.07) is 11.6. The van der Waals surface area contributed by atoms with E-state index in [1.165, 1.54) is 0 Å². The maximum Gasteiger partial charge on any atom is 0.269 e. The molecule has 1 N–H and O–H groups in total. The number of nitrogens with one attached hydrogen (secondary N) is 1. The van der Waals surface area contributed by atoms with Crippen LogP contribution in [-0.4, -0.2) is 31.8 Å². The maximum atomic E-state index is 12.3. The second-order valence-corrected chi connectivity index (χ2v) is 4.86. The predicted octanol–water partition coefficient (Wildman–Crippen LogP) is 1.89. The number of amides is 1. The van der Waals surface area contributed by atoms with Gasteiger partial charge in [0.15, 0.2) is 0 Å².